The number of halogens is 6. The highest BCUT2D eigenvalue weighted by molar-refractivity contribution is 5.77. The van der Waals surface area contributed by atoms with E-state index in [1.54, 1.807) is 52.0 Å². The summed E-state index contributed by atoms with van der Waals surface area (Å²) in [6.07, 6.45) is -9.04. The van der Waals surface area contributed by atoms with Crippen LogP contribution >= 0.6 is 0 Å². The molecule has 41 heavy (non-hydrogen) atoms. The molecule has 1 N–H and O–H groups in total. The van der Waals surface area contributed by atoms with Crippen molar-refractivity contribution in [2.24, 2.45) is 5.92 Å². The molecule has 0 atom stereocenters. The van der Waals surface area contributed by atoms with Crippen molar-refractivity contribution in [3.05, 3.63) is 68.6 Å². The van der Waals surface area contributed by atoms with Crippen LogP contribution in [0.4, 0.5) is 31.1 Å². The number of methoxy groups -OCH3 is 1. The fourth-order valence-electron chi connectivity index (χ4n) is 3.84. The van der Waals surface area contributed by atoms with Crippen molar-refractivity contribution >= 4 is 12.1 Å². The van der Waals surface area contributed by atoms with Crippen LogP contribution in [0, 0.1) is 12.8 Å². The number of nitrogens with zero attached hydrogens (tertiary/aromatic N) is 1. The van der Waals surface area contributed by atoms with E-state index in [0.717, 1.165) is 18.4 Å². The summed E-state index contributed by atoms with van der Waals surface area (Å²) < 4.78 is 90.5. The second kappa shape index (κ2) is 13.4. The van der Waals surface area contributed by atoms with Gasteiger partial charge in [0.1, 0.15) is 17.8 Å². The first kappa shape index (κ1) is 33.7. The minimum absolute atomic E-state index is 0.0828. The van der Waals surface area contributed by atoms with Gasteiger partial charge < -0.3 is 19.4 Å². The van der Waals surface area contributed by atoms with E-state index < -0.39 is 52.4 Å². The fraction of sp³-hybridized carbons (Fsp3) is 0.536. The number of amides is 1. The topological polar surface area (TPSA) is 86.6 Å². The Kier molecular flexibility index (Phi) is 11.0. The number of carbonyl (C=O) groups is 2. The molecule has 0 aliphatic heterocycles. The van der Waals surface area contributed by atoms with Gasteiger partial charge in [0.25, 0.3) is 5.56 Å². The molecule has 0 radical (unpaired) electrons. The van der Waals surface area contributed by atoms with E-state index in [1.807, 2.05) is 0 Å². The molecule has 1 fully saturated rings. The molecule has 1 aromatic carbocycles. The number of hydrogen-bond donors (Lipinski definition) is 1. The zero-order valence-corrected chi connectivity index (χ0v) is 23.5. The van der Waals surface area contributed by atoms with Crippen molar-refractivity contribution in [1.82, 2.24) is 9.88 Å². The maximum Gasteiger partial charge on any atom is 0.431 e. The molecule has 0 spiro atoms. The number of alkyl halides is 6. The Morgan fingerprint density at radius 2 is 1.66 bits per heavy atom. The average Bonchev–Trinajstić information content (AvgIpc) is 3.65. The molecule has 0 unspecified atom stereocenters. The van der Waals surface area contributed by atoms with Crippen molar-refractivity contribution in [1.29, 1.82) is 0 Å². The van der Waals surface area contributed by atoms with Crippen molar-refractivity contribution < 1.29 is 45.4 Å². The highest BCUT2D eigenvalue weighted by Crippen LogP contribution is 2.38. The molecule has 1 saturated carbocycles. The van der Waals surface area contributed by atoms with Gasteiger partial charge in [-0.1, -0.05) is 42.7 Å². The van der Waals surface area contributed by atoms with Crippen molar-refractivity contribution in [3.8, 4) is 0 Å². The van der Waals surface area contributed by atoms with Gasteiger partial charge in [-0.25, -0.2) is 4.79 Å². The third-order valence-corrected chi connectivity index (χ3v) is 5.92. The highest BCUT2D eigenvalue weighted by atomic mass is 19.4. The first-order chi connectivity index (χ1) is 18.8. The molecule has 0 bridgehead atoms. The van der Waals surface area contributed by atoms with E-state index in [2.05, 4.69) is 10.1 Å². The number of esters is 1. The third-order valence-electron chi connectivity index (χ3n) is 5.92. The first-order valence-electron chi connectivity index (χ1n) is 12.8. The minimum Gasteiger partial charge on any atom is -0.468 e. The number of benzene rings is 1. The lowest BCUT2D eigenvalue weighted by Crippen LogP contribution is -2.35. The van der Waals surface area contributed by atoms with Crippen molar-refractivity contribution in [3.63, 3.8) is 0 Å². The molecule has 3 rings (SSSR count). The van der Waals surface area contributed by atoms with Gasteiger partial charge >= 0.3 is 24.4 Å². The molecule has 13 heteroatoms. The normalized spacial score (nSPS) is 13.6. The van der Waals surface area contributed by atoms with Gasteiger partial charge in [-0.2, -0.15) is 26.3 Å². The van der Waals surface area contributed by atoms with Crippen LogP contribution in [0.15, 0.2) is 35.1 Å². The Morgan fingerprint density at radius 3 is 2.15 bits per heavy atom. The van der Waals surface area contributed by atoms with Gasteiger partial charge in [-0.05, 0) is 51.7 Å². The number of nitrogens with one attached hydrogen (secondary N) is 1. The average molecular weight is 593 g/mol. The third kappa shape index (κ3) is 11.1. The number of hydrogen-bond acceptors (Lipinski definition) is 5. The predicted octanol–water partition coefficient (Wildman–Crippen LogP) is 6.27. The lowest BCUT2D eigenvalue weighted by atomic mass is 9.98. The Balaban J connectivity index is 0.000000383. The summed E-state index contributed by atoms with van der Waals surface area (Å²) in [5, 5.41) is 2.25. The standard InChI is InChI=1S/C20H19F6NO.C8H15NO4/c1-12-3-2-4-14(9-12)10-15-16(19(21,22)23)11-17(20(24,25)26)27(18(15)28)8-7-13-5-6-13;1-8(2,3)13-7(11)9-5-6(10)12-4/h2-4,9,11,13H,5-8,10H2,1H3;5H2,1-4H3,(H,9,11). The first-order valence-corrected chi connectivity index (χ1v) is 12.8. The maximum atomic E-state index is 13.5. The molecule has 228 valence electrons. The Labute approximate surface area is 233 Å². The predicted molar refractivity (Wildman–Crippen MR) is 138 cm³/mol. The highest BCUT2D eigenvalue weighted by Gasteiger charge is 2.42. The van der Waals surface area contributed by atoms with Gasteiger partial charge in [0.15, 0.2) is 0 Å². The lowest BCUT2D eigenvalue weighted by Gasteiger charge is -2.21. The zero-order chi connectivity index (χ0) is 31.2. The van der Waals surface area contributed by atoms with E-state index in [0.29, 0.717) is 16.6 Å². The molecule has 1 aliphatic rings. The zero-order valence-electron chi connectivity index (χ0n) is 23.5. The molecular weight excluding hydrogens is 558 g/mol. The van der Waals surface area contributed by atoms with Crippen molar-refractivity contribution in [2.75, 3.05) is 13.7 Å². The number of alkyl carbamates (subject to hydrolysis) is 1. The van der Waals surface area contributed by atoms with Crippen LogP contribution < -0.4 is 10.9 Å². The molecule has 1 aliphatic carbocycles. The molecule has 7 nitrogen and oxygen atoms in total. The van der Waals surface area contributed by atoms with Gasteiger partial charge in [0.2, 0.25) is 0 Å². The Morgan fingerprint density at radius 1 is 1.02 bits per heavy atom. The van der Waals surface area contributed by atoms with E-state index in [1.165, 1.54) is 7.11 Å². The number of pyridine rings is 1. The van der Waals surface area contributed by atoms with Crippen molar-refractivity contribution in [2.45, 2.75) is 77.9 Å². The van der Waals surface area contributed by atoms with E-state index >= 15 is 0 Å². The maximum absolute atomic E-state index is 13.5. The monoisotopic (exact) mass is 592 g/mol. The smallest absolute Gasteiger partial charge is 0.431 e. The van der Waals surface area contributed by atoms with Crippen LogP contribution in [0.25, 0.3) is 0 Å². The van der Waals surface area contributed by atoms with Gasteiger partial charge in [-0.3, -0.25) is 9.59 Å². The lowest BCUT2D eigenvalue weighted by molar-refractivity contribution is -0.148. The summed E-state index contributed by atoms with van der Waals surface area (Å²) in [6.45, 7) is 6.55. The fourth-order valence-corrected chi connectivity index (χ4v) is 3.84. The van der Waals surface area contributed by atoms with Gasteiger partial charge in [0.05, 0.1) is 12.7 Å². The summed E-state index contributed by atoms with van der Waals surface area (Å²) in [7, 11) is 1.25. The van der Waals surface area contributed by atoms with E-state index in [9.17, 15) is 40.7 Å². The summed E-state index contributed by atoms with van der Waals surface area (Å²) in [6, 6.07) is 6.63. The number of ether oxygens (including phenoxy) is 2. The second-order valence-electron chi connectivity index (χ2n) is 10.7. The van der Waals surface area contributed by atoms with Crippen LogP contribution in [0.1, 0.15) is 68.0 Å². The summed E-state index contributed by atoms with van der Waals surface area (Å²) >= 11 is 0. The number of rotatable bonds is 7. The van der Waals surface area contributed by atoms with Crippen LogP contribution in [0.3, 0.4) is 0 Å². The van der Waals surface area contributed by atoms with Gasteiger partial charge in [-0.15, -0.1) is 0 Å². The van der Waals surface area contributed by atoms with Crippen LogP contribution in [0.5, 0.6) is 0 Å². The summed E-state index contributed by atoms with van der Waals surface area (Å²) in [4.78, 5) is 34.3. The molecule has 1 heterocycles. The minimum atomic E-state index is -5.06. The molecular formula is C28H34F6N2O5. The summed E-state index contributed by atoms with van der Waals surface area (Å²) in [5.41, 5.74) is -4.26. The second-order valence-corrected chi connectivity index (χ2v) is 10.7. The number of carbonyl (C=O) groups excluding carboxylic acids is 2. The van der Waals surface area contributed by atoms with Gasteiger partial charge in [0, 0.05) is 18.5 Å². The van der Waals surface area contributed by atoms with Crippen LogP contribution in [0.2, 0.25) is 0 Å². The molecule has 1 amide bonds. The summed E-state index contributed by atoms with van der Waals surface area (Å²) in [5.74, 6) is -0.277. The number of aromatic nitrogens is 1. The van der Waals surface area contributed by atoms with E-state index in [4.69, 9.17) is 4.74 Å². The SMILES string of the molecule is COC(=O)CNC(=O)OC(C)(C)C.Cc1cccc(Cc2c(C(F)(F)F)cc(C(F)(F)F)n(CCC3CC3)c2=O)c1. The molecule has 0 saturated heterocycles. The molecule has 1 aromatic heterocycles. The Bertz CT molecular complexity index is 1270. The largest absolute Gasteiger partial charge is 0.468 e. The Hall–Kier alpha value is -3.51. The number of aryl methyl sites for hydroxylation is 1. The quantitative estimate of drug-likeness (QED) is 0.303. The van der Waals surface area contributed by atoms with Crippen LogP contribution in [-0.2, 0) is 39.6 Å². The van der Waals surface area contributed by atoms with Crippen LogP contribution in [-0.4, -0.2) is 35.9 Å². The van der Waals surface area contributed by atoms with E-state index in [-0.39, 0.29) is 31.5 Å². The molecule has 2 aromatic rings.